The maximum atomic E-state index is 10.8. The third-order valence-corrected chi connectivity index (χ3v) is 7.27. The minimum atomic E-state index is -1.02. The molecule has 0 N–H and O–H groups in total. The van der Waals surface area contributed by atoms with Crippen LogP contribution in [-0.4, -0.2) is 24.3 Å². The second-order valence-electron chi connectivity index (χ2n) is 2.86. The van der Waals surface area contributed by atoms with E-state index in [0.29, 0.717) is 5.78 Å². The molecule has 0 aliphatic carbocycles. The van der Waals surface area contributed by atoms with Crippen LogP contribution in [-0.2, 0) is 16.6 Å². The standard InChI is InChI=1S/C7H13OPS/c1-2-9(10)5-3-7(8)4-6-9/h2-6H2,1H3. The zero-order valence-electron chi connectivity index (χ0n) is 6.30. The lowest BCUT2D eigenvalue weighted by atomic mass is 10.2. The van der Waals surface area contributed by atoms with E-state index >= 15 is 0 Å². The van der Waals surface area contributed by atoms with E-state index in [9.17, 15) is 4.79 Å². The van der Waals surface area contributed by atoms with Crippen LogP contribution >= 0.6 is 6.04 Å². The van der Waals surface area contributed by atoms with E-state index in [1.54, 1.807) is 0 Å². The minimum absolute atomic E-state index is 0.425. The molecule has 1 aliphatic rings. The van der Waals surface area contributed by atoms with Crippen LogP contribution < -0.4 is 0 Å². The normalized spacial score (nSPS) is 24.7. The predicted octanol–water partition coefficient (Wildman–Crippen LogP) is 1.85. The van der Waals surface area contributed by atoms with Gasteiger partial charge in [0.2, 0.25) is 0 Å². The summed E-state index contributed by atoms with van der Waals surface area (Å²) < 4.78 is 0. The first-order chi connectivity index (χ1) is 4.66. The average Bonchev–Trinajstić information content (AvgIpc) is 1.96. The Labute approximate surface area is 67.2 Å². The summed E-state index contributed by atoms with van der Waals surface area (Å²) in [5, 5.41) is 0. The SMILES string of the molecule is CCP1(=S)CCC(=O)CC1. The smallest absolute Gasteiger partial charge is 0.133 e. The molecular weight excluding hydrogens is 163 g/mol. The number of ketones is 1. The zero-order valence-corrected chi connectivity index (χ0v) is 8.01. The summed E-state index contributed by atoms with van der Waals surface area (Å²) in [5.41, 5.74) is 0. The molecule has 10 heavy (non-hydrogen) atoms. The Bertz CT molecular complexity index is 174. The van der Waals surface area contributed by atoms with Gasteiger partial charge in [0.05, 0.1) is 0 Å². The summed E-state index contributed by atoms with van der Waals surface area (Å²) in [4.78, 5) is 10.8. The second kappa shape index (κ2) is 3.15. The van der Waals surface area contributed by atoms with Crippen LogP contribution in [0.1, 0.15) is 19.8 Å². The number of hydrogen-bond donors (Lipinski definition) is 0. The largest absolute Gasteiger partial charge is 0.300 e. The molecular formula is C7H13OPS. The van der Waals surface area contributed by atoms with Gasteiger partial charge in [0.1, 0.15) is 5.78 Å². The molecule has 0 aromatic rings. The summed E-state index contributed by atoms with van der Waals surface area (Å²) in [7, 11) is 0. The number of Topliss-reactive ketones (excluding diaryl/α,β-unsaturated/α-hetero) is 1. The minimum Gasteiger partial charge on any atom is -0.300 e. The third kappa shape index (κ3) is 1.90. The Morgan fingerprint density at radius 1 is 1.50 bits per heavy atom. The van der Waals surface area contributed by atoms with Crippen LogP contribution in [0, 0.1) is 0 Å². The second-order valence-corrected chi connectivity index (χ2v) is 8.83. The highest BCUT2D eigenvalue weighted by atomic mass is 32.4. The summed E-state index contributed by atoms with van der Waals surface area (Å²) >= 11 is 5.47. The van der Waals surface area contributed by atoms with Crippen molar-refractivity contribution in [2.45, 2.75) is 19.8 Å². The van der Waals surface area contributed by atoms with Gasteiger partial charge < -0.3 is 0 Å². The molecule has 1 rings (SSSR count). The van der Waals surface area contributed by atoms with Crippen molar-refractivity contribution in [2.24, 2.45) is 0 Å². The van der Waals surface area contributed by atoms with Crippen LogP contribution in [0.5, 0.6) is 0 Å². The van der Waals surface area contributed by atoms with Gasteiger partial charge in [0.15, 0.2) is 0 Å². The molecule has 0 amide bonds. The van der Waals surface area contributed by atoms with Crippen molar-refractivity contribution in [2.75, 3.05) is 18.5 Å². The molecule has 3 heteroatoms. The zero-order chi connectivity index (χ0) is 7.61. The lowest BCUT2D eigenvalue weighted by Gasteiger charge is -2.23. The average molecular weight is 176 g/mol. The number of carbonyl (C=O) groups is 1. The van der Waals surface area contributed by atoms with Crippen LogP contribution in [0.3, 0.4) is 0 Å². The van der Waals surface area contributed by atoms with E-state index in [1.807, 2.05) is 0 Å². The Kier molecular flexibility index (Phi) is 2.65. The van der Waals surface area contributed by atoms with E-state index in [-0.39, 0.29) is 0 Å². The van der Waals surface area contributed by atoms with Crippen molar-refractivity contribution in [1.29, 1.82) is 0 Å². The molecule has 1 fully saturated rings. The Morgan fingerprint density at radius 3 is 2.40 bits per heavy atom. The summed E-state index contributed by atoms with van der Waals surface area (Å²) in [6, 6.07) is -1.02. The quantitative estimate of drug-likeness (QED) is 0.567. The molecule has 0 aromatic carbocycles. The highest BCUT2D eigenvalue weighted by molar-refractivity contribution is 8.14. The topological polar surface area (TPSA) is 17.1 Å². The summed E-state index contributed by atoms with van der Waals surface area (Å²) in [6.45, 7) is 2.16. The fourth-order valence-corrected chi connectivity index (χ4v) is 3.93. The lowest BCUT2D eigenvalue weighted by molar-refractivity contribution is -0.118. The van der Waals surface area contributed by atoms with Crippen molar-refractivity contribution >= 4 is 23.6 Å². The van der Waals surface area contributed by atoms with Crippen LogP contribution in [0.25, 0.3) is 0 Å². The van der Waals surface area contributed by atoms with Gasteiger partial charge in [-0.05, 0) is 24.5 Å². The molecule has 0 saturated carbocycles. The van der Waals surface area contributed by atoms with Crippen LogP contribution in [0.15, 0.2) is 0 Å². The van der Waals surface area contributed by atoms with Gasteiger partial charge >= 0.3 is 0 Å². The molecule has 0 bridgehead atoms. The Hall–Kier alpha value is 0.320. The van der Waals surface area contributed by atoms with Gasteiger partial charge in [-0.3, -0.25) is 4.79 Å². The summed E-state index contributed by atoms with van der Waals surface area (Å²) in [5.74, 6) is 0.425. The predicted molar refractivity (Wildman–Crippen MR) is 48.8 cm³/mol. The first-order valence-corrected chi connectivity index (χ1v) is 7.11. The first kappa shape index (κ1) is 8.42. The van der Waals surface area contributed by atoms with Crippen molar-refractivity contribution in [3.8, 4) is 0 Å². The molecule has 0 radical (unpaired) electrons. The van der Waals surface area contributed by atoms with E-state index in [4.69, 9.17) is 11.8 Å². The first-order valence-electron chi connectivity index (χ1n) is 3.75. The molecule has 1 heterocycles. The number of rotatable bonds is 1. The Morgan fingerprint density at radius 2 is 2.00 bits per heavy atom. The monoisotopic (exact) mass is 176 g/mol. The van der Waals surface area contributed by atoms with E-state index in [0.717, 1.165) is 31.3 Å². The molecule has 58 valence electrons. The molecule has 0 spiro atoms. The molecule has 0 aromatic heterocycles. The highest BCUT2D eigenvalue weighted by Crippen LogP contribution is 2.49. The van der Waals surface area contributed by atoms with Crippen LogP contribution in [0.4, 0.5) is 0 Å². The lowest BCUT2D eigenvalue weighted by Crippen LogP contribution is -2.13. The molecule has 1 aliphatic heterocycles. The fraction of sp³-hybridized carbons (Fsp3) is 0.857. The molecule has 0 unspecified atom stereocenters. The van der Waals surface area contributed by atoms with Crippen molar-refractivity contribution in [3.63, 3.8) is 0 Å². The van der Waals surface area contributed by atoms with Gasteiger partial charge in [-0.15, -0.1) is 0 Å². The summed E-state index contributed by atoms with van der Waals surface area (Å²) in [6.07, 6.45) is 4.77. The maximum absolute atomic E-state index is 10.8. The van der Waals surface area contributed by atoms with E-state index in [2.05, 4.69) is 6.92 Å². The van der Waals surface area contributed by atoms with Gasteiger partial charge in [-0.2, -0.15) is 0 Å². The van der Waals surface area contributed by atoms with Crippen molar-refractivity contribution < 1.29 is 4.79 Å². The highest BCUT2D eigenvalue weighted by Gasteiger charge is 2.22. The van der Waals surface area contributed by atoms with Crippen molar-refractivity contribution in [3.05, 3.63) is 0 Å². The maximum Gasteiger partial charge on any atom is 0.133 e. The van der Waals surface area contributed by atoms with Gasteiger partial charge in [-0.25, -0.2) is 0 Å². The Balaban J connectivity index is 2.54. The van der Waals surface area contributed by atoms with Crippen molar-refractivity contribution in [1.82, 2.24) is 0 Å². The van der Waals surface area contributed by atoms with E-state index in [1.165, 1.54) is 0 Å². The third-order valence-electron chi connectivity index (χ3n) is 2.17. The number of hydrogen-bond acceptors (Lipinski definition) is 2. The fourth-order valence-electron chi connectivity index (χ4n) is 1.21. The van der Waals surface area contributed by atoms with Gasteiger partial charge in [-0.1, -0.05) is 18.7 Å². The van der Waals surface area contributed by atoms with Gasteiger partial charge in [0, 0.05) is 12.8 Å². The number of carbonyl (C=O) groups excluding carboxylic acids is 1. The molecule has 1 saturated heterocycles. The molecule has 0 atom stereocenters. The molecule has 1 nitrogen and oxygen atoms in total. The van der Waals surface area contributed by atoms with Gasteiger partial charge in [0.25, 0.3) is 0 Å². The van der Waals surface area contributed by atoms with E-state index < -0.39 is 6.04 Å². The van der Waals surface area contributed by atoms with Crippen LogP contribution in [0.2, 0.25) is 0 Å².